The molecule has 212 valence electrons. The number of amides is 1. The Kier molecular flexibility index (Phi) is 22.4. The van der Waals surface area contributed by atoms with Crippen LogP contribution in [0, 0.1) is 5.41 Å². The van der Waals surface area contributed by atoms with Crippen molar-refractivity contribution in [1.29, 1.82) is 0 Å². The van der Waals surface area contributed by atoms with Crippen molar-refractivity contribution in [2.24, 2.45) is 5.41 Å². The summed E-state index contributed by atoms with van der Waals surface area (Å²) in [6.45, 7) is 7.50. The quantitative estimate of drug-likeness (QED) is 0.0801. The molecule has 0 aromatic carbocycles. The van der Waals surface area contributed by atoms with E-state index in [1.807, 2.05) is 6.08 Å². The zero-order valence-electron chi connectivity index (χ0n) is 23.5. The van der Waals surface area contributed by atoms with Gasteiger partial charge in [0.1, 0.15) is 28.8 Å². The van der Waals surface area contributed by atoms with Crippen LogP contribution >= 0.6 is 23.0 Å². The molecule has 0 aliphatic carbocycles. The Morgan fingerprint density at radius 3 is 1.66 bits per heavy atom. The average molecular weight is 640 g/mol. The number of carbonyl (C=O) groups is 3. The normalized spacial score (nSPS) is 13.6. The Labute approximate surface area is 244 Å². The van der Waals surface area contributed by atoms with E-state index in [4.69, 9.17) is 7.80 Å². The predicted molar refractivity (Wildman–Crippen MR) is 165 cm³/mol. The molecule has 7 heteroatoms. The summed E-state index contributed by atoms with van der Waals surface area (Å²) in [6.07, 6.45) is 30.6. The number of ether oxygens (including phenoxy) is 1. The molecule has 1 amide bonds. The van der Waals surface area contributed by atoms with Crippen LogP contribution in [0.1, 0.15) is 79.1 Å². The Balaban J connectivity index is 4.09. The van der Waals surface area contributed by atoms with Crippen molar-refractivity contribution >= 4 is 40.7 Å². The van der Waals surface area contributed by atoms with E-state index < -0.39 is 11.5 Å². The third kappa shape index (κ3) is 20.8. The zero-order valence-corrected chi connectivity index (χ0v) is 25.7. The van der Waals surface area contributed by atoms with E-state index in [2.05, 4.69) is 73.0 Å². The first-order chi connectivity index (χ1) is 18.2. The first kappa shape index (κ1) is 35.7. The van der Waals surface area contributed by atoms with Gasteiger partial charge in [-0.15, -0.1) is 0 Å². The summed E-state index contributed by atoms with van der Waals surface area (Å²) >= 11 is 1.67. The number of hydrogen-bond acceptors (Lipinski definition) is 5. The van der Waals surface area contributed by atoms with Gasteiger partial charge in [-0.3, -0.25) is 14.4 Å². The highest BCUT2D eigenvalue weighted by Gasteiger charge is 2.37. The number of rotatable bonds is 21. The number of carbonyl (C=O) groups excluding carboxylic acids is 3. The summed E-state index contributed by atoms with van der Waals surface area (Å²) < 4.78 is 10.7. The van der Waals surface area contributed by atoms with Crippen molar-refractivity contribution in [3.63, 3.8) is 0 Å². The minimum atomic E-state index is -0.811. The summed E-state index contributed by atoms with van der Waals surface area (Å²) in [5, 5.41) is 2.69. The van der Waals surface area contributed by atoms with Crippen molar-refractivity contribution in [2.75, 3.05) is 13.2 Å². The topological polar surface area (TPSA) is 81.7 Å². The standard InChI is InChI=1S/C31H46INO5/c1-5-6-7-8-9-10-11-12-13-14-15-16-17-18-19-20-21-22-23-28(35)37-26-31(3,4)29(38-32)30(36)33-25-24-27(2)34/h6-7,9-10,12-13,15-16,18-19,21-22,29H,5,8,11,14,17,20,23-26H2,1-4H3,(H,33,36)/b7-6-,10-9-,13-12-,16-15-,19-18-,22-21-/t29-/m0/s1. The zero-order chi connectivity index (χ0) is 28.5. The molecule has 0 aromatic heterocycles. The molecule has 0 rings (SSSR count). The highest BCUT2D eigenvalue weighted by molar-refractivity contribution is 14.1. The van der Waals surface area contributed by atoms with E-state index in [1.54, 1.807) is 42.9 Å². The average Bonchev–Trinajstić information content (AvgIpc) is 2.87. The molecule has 0 aromatic rings. The van der Waals surface area contributed by atoms with Gasteiger partial charge in [0.2, 0.25) is 0 Å². The van der Waals surface area contributed by atoms with Crippen LogP contribution in [0.3, 0.4) is 0 Å². The Hall–Kier alpha value is -2.26. The smallest absolute Gasteiger partial charge is 0.309 e. The monoisotopic (exact) mass is 639 g/mol. The van der Waals surface area contributed by atoms with E-state index in [1.165, 1.54) is 6.92 Å². The number of allylic oxidation sites excluding steroid dienone is 11. The van der Waals surface area contributed by atoms with Crippen LogP contribution in [0.2, 0.25) is 0 Å². The van der Waals surface area contributed by atoms with Gasteiger partial charge in [0.15, 0.2) is 6.10 Å². The summed E-state index contributed by atoms with van der Waals surface area (Å²) in [5.74, 6) is -0.694. The van der Waals surface area contributed by atoms with Crippen molar-refractivity contribution in [3.8, 4) is 0 Å². The second kappa shape index (κ2) is 23.8. The molecule has 0 saturated heterocycles. The number of nitrogens with one attached hydrogen (secondary N) is 1. The van der Waals surface area contributed by atoms with Crippen LogP contribution in [0.4, 0.5) is 0 Å². The third-order valence-corrected chi connectivity index (χ3v) is 5.81. The molecule has 0 heterocycles. The molecule has 6 nitrogen and oxygen atoms in total. The maximum atomic E-state index is 12.4. The van der Waals surface area contributed by atoms with Gasteiger partial charge in [-0.05, 0) is 45.4 Å². The first-order valence-corrected chi connectivity index (χ1v) is 14.2. The highest BCUT2D eigenvalue weighted by atomic mass is 127. The number of Topliss-reactive ketones (excluding diaryl/α,β-unsaturated/α-hetero) is 1. The van der Waals surface area contributed by atoms with Gasteiger partial charge in [0.25, 0.3) is 5.91 Å². The van der Waals surface area contributed by atoms with Gasteiger partial charge in [-0.2, -0.15) is 0 Å². The molecular weight excluding hydrogens is 593 g/mol. The van der Waals surface area contributed by atoms with Gasteiger partial charge >= 0.3 is 5.97 Å². The van der Waals surface area contributed by atoms with E-state index in [-0.39, 0.29) is 43.7 Å². The summed E-state index contributed by atoms with van der Waals surface area (Å²) in [7, 11) is 0. The van der Waals surface area contributed by atoms with Crippen LogP contribution in [-0.2, 0) is 22.2 Å². The van der Waals surface area contributed by atoms with Crippen LogP contribution < -0.4 is 5.32 Å². The Bertz CT molecular complexity index is 852. The van der Waals surface area contributed by atoms with Crippen LogP contribution in [0.5, 0.6) is 0 Å². The molecule has 38 heavy (non-hydrogen) atoms. The number of halogens is 1. The molecule has 0 radical (unpaired) electrons. The molecule has 1 atom stereocenters. The van der Waals surface area contributed by atoms with E-state index in [0.717, 1.165) is 38.5 Å². The van der Waals surface area contributed by atoms with Gasteiger partial charge in [0.05, 0.1) is 13.0 Å². The fourth-order valence-corrected chi connectivity index (χ4v) is 3.99. The lowest BCUT2D eigenvalue weighted by Crippen LogP contribution is -2.47. The molecule has 0 fully saturated rings. The predicted octanol–water partition coefficient (Wildman–Crippen LogP) is 7.47. The van der Waals surface area contributed by atoms with Crippen molar-refractivity contribution in [2.45, 2.75) is 85.2 Å². The second-order valence-electron chi connectivity index (χ2n) is 9.48. The molecule has 0 bridgehead atoms. The van der Waals surface area contributed by atoms with Gasteiger partial charge < -0.3 is 13.1 Å². The maximum Gasteiger partial charge on any atom is 0.309 e. The summed E-state index contributed by atoms with van der Waals surface area (Å²) in [6, 6.07) is 0. The summed E-state index contributed by atoms with van der Waals surface area (Å²) in [4.78, 5) is 35.5. The van der Waals surface area contributed by atoms with E-state index >= 15 is 0 Å². The molecule has 0 saturated carbocycles. The van der Waals surface area contributed by atoms with Crippen molar-refractivity contribution in [1.82, 2.24) is 5.32 Å². The second-order valence-corrected chi connectivity index (χ2v) is 9.99. The number of ketones is 1. The lowest BCUT2D eigenvalue weighted by molar-refractivity contribution is -0.150. The van der Waals surface area contributed by atoms with Crippen LogP contribution in [0.25, 0.3) is 0 Å². The molecule has 0 unspecified atom stereocenters. The number of esters is 1. The Morgan fingerprint density at radius 2 is 1.24 bits per heavy atom. The largest absolute Gasteiger partial charge is 0.465 e. The Morgan fingerprint density at radius 1 is 0.789 bits per heavy atom. The summed E-state index contributed by atoms with van der Waals surface area (Å²) in [5.41, 5.74) is -0.727. The highest BCUT2D eigenvalue weighted by Crippen LogP contribution is 2.26. The fourth-order valence-electron chi connectivity index (χ4n) is 3.07. The van der Waals surface area contributed by atoms with Gasteiger partial charge in [0, 0.05) is 18.4 Å². The lowest BCUT2D eigenvalue weighted by Gasteiger charge is -2.30. The van der Waals surface area contributed by atoms with Gasteiger partial charge in [-0.25, -0.2) is 0 Å². The lowest BCUT2D eigenvalue weighted by atomic mass is 9.87. The molecule has 1 N–H and O–H groups in total. The molecular formula is C31H46INO5. The minimum Gasteiger partial charge on any atom is -0.465 e. The van der Waals surface area contributed by atoms with Crippen molar-refractivity contribution in [3.05, 3.63) is 72.9 Å². The molecule has 0 aliphatic heterocycles. The van der Waals surface area contributed by atoms with Crippen LogP contribution in [0.15, 0.2) is 72.9 Å². The minimum absolute atomic E-state index is 0.000157. The van der Waals surface area contributed by atoms with Crippen molar-refractivity contribution < 1.29 is 22.2 Å². The fraction of sp³-hybridized carbons (Fsp3) is 0.516. The van der Waals surface area contributed by atoms with Gasteiger partial charge in [-0.1, -0.05) is 93.7 Å². The number of hydrogen-bond donors (Lipinski definition) is 1. The third-order valence-electron chi connectivity index (χ3n) is 5.30. The molecule has 0 spiro atoms. The molecule has 0 aliphatic rings. The SMILES string of the molecule is CC/C=C\C/C=C\C/C=C\C/C=C\C/C=C\C/C=C\CC(=O)OCC(C)(C)[C@@H](OI)C(=O)NCCC(C)=O. The van der Waals surface area contributed by atoms with E-state index in [0.29, 0.717) is 0 Å². The van der Waals surface area contributed by atoms with E-state index in [9.17, 15) is 14.4 Å². The first-order valence-electron chi connectivity index (χ1n) is 13.3. The van der Waals surface area contributed by atoms with Crippen LogP contribution in [-0.4, -0.2) is 36.9 Å². The maximum absolute atomic E-state index is 12.4.